The quantitative estimate of drug-likeness (QED) is 0.860. The monoisotopic (exact) mass is 361 g/mol. The lowest BCUT2D eigenvalue weighted by atomic mass is 9.97. The van der Waals surface area contributed by atoms with E-state index < -0.39 is 11.7 Å². The van der Waals surface area contributed by atoms with Crippen molar-refractivity contribution in [3.63, 3.8) is 0 Å². The maximum atomic E-state index is 13.5. The Morgan fingerprint density at radius 2 is 2.16 bits per heavy atom. The molecule has 7 heteroatoms. The molecule has 0 saturated heterocycles. The Kier molecular flexibility index (Phi) is 5.43. The zero-order valence-electron chi connectivity index (χ0n) is 14.0. The van der Waals surface area contributed by atoms with E-state index >= 15 is 0 Å². The number of hydrogen-bond donors (Lipinski definition) is 2. The van der Waals surface area contributed by atoms with Crippen molar-refractivity contribution in [3.8, 4) is 0 Å². The first kappa shape index (κ1) is 17.5. The van der Waals surface area contributed by atoms with E-state index in [9.17, 15) is 14.0 Å². The van der Waals surface area contributed by atoms with E-state index in [-0.39, 0.29) is 30.5 Å². The molecule has 0 spiro atoms. The maximum Gasteiger partial charge on any atom is 0.254 e. The van der Waals surface area contributed by atoms with Gasteiger partial charge < -0.3 is 10.6 Å². The van der Waals surface area contributed by atoms with Gasteiger partial charge in [-0.05, 0) is 38.3 Å². The van der Waals surface area contributed by atoms with Gasteiger partial charge in [-0.3, -0.25) is 9.59 Å². The molecular weight excluding hydrogens is 341 g/mol. The number of benzene rings is 1. The highest BCUT2D eigenvalue weighted by Crippen LogP contribution is 2.32. The minimum Gasteiger partial charge on any atom is -0.351 e. The minimum atomic E-state index is -0.571. The normalized spacial score (nSPS) is 16.2. The average molecular weight is 361 g/mol. The molecule has 0 fully saturated rings. The Hall–Kier alpha value is -2.28. The summed E-state index contributed by atoms with van der Waals surface area (Å²) in [6.45, 7) is 2.13. The fourth-order valence-electron chi connectivity index (χ4n) is 2.98. The molecule has 0 saturated carbocycles. The van der Waals surface area contributed by atoms with Crippen molar-refractivity contribution in [3.05, 3.63) is 51.2 Å². The van der Waals surface area contributed by atoms with Crippen LogP contribution in [0.4, 0.5) is 4.39 Å². The van der Waals surface area contributed by atoms with E-state index in [1.165, 1.54) is 23.1 Å². The first-order valence-electron chi connectivity index (χ1n) is 8.33. The zero-order chi connectivity index (χ0) is 17.8. The summed E-state index contributed by atoms with van der Waals surface area (Å²) >= 11 is 1.69. The molecule has 0 bridgehead atoms. The van der Waals surface area contributed by atoms with Crippen LogP contribution in [0.25, 0.3) is 0 Å². The SMILES string of the molecule is Cc1nc2c(s1)CCC[C@H]2NC(=O)CCNC(=O)c1ccccc1F. The number of carbonyl (C=O) groups is 2. The van der Waals surface area contributed by atoms with Gasteiger partial charge in [-0.25, -0.2) is 9.37 Å². The minimum absolute atomic E-state index is 0.0159. The van der Waals surface area contributed by atoms with Crippen LogP contribution in [-0.4, -0.2) is 23.3 Å². The van der Waals surface area contributed by atoms with Gasteiger partial charge >= 0.3 is 0 Å². The summed E-state index contributed by atoms with van der Waals surface area (Å²) in [7, 11) is 0. The van der Waals surface area contributed by atoms with Gasteiger partial charge in [0.1, 0.15) is 5.82 Å². The Labute approximate surface area is 149 Å². The van der Waals surface area contributed by atoms with Gasteiger partial charge in [0.05, 0.1) is 22.3 Å². The van der Waals surface area contributed by atoms with Gasteiger partial charge in [0.25, 0.3) is 5.91 Å². The van der Waals surface area contributed by atoms with Crippen molar-refractivity contribution in [1.82, 2.24) is 15.6 Å². The van der Waals surface area contributed by atoms with Gasteiger partial charge in [-0.1, -0.05) is 12.1 Å². The van der Waals surface area contributed by atoms with Crippen molar-refractivity contribution < 1.29 is 14.0 Å². The number of halogens is 1. The number of hydrogen-bond acceptors (Lipinski definition) is 4. The number of rotatable bonds is 5. The number of nitrogens with zero attached hydrogens (tertiary/aromatic N) is 1. The zero-order valence-corrected chi connectivity index (χ0v) is 14.8. The largest absolute Gasteiger partial charge is 0.351 e. The molecule has 3 rings (SSSR count). The van der Waals surface area contributed by atoms with E-state index in [1.807, 2.05) is 6.92 Å². The second-order valence-electron chi connectivity index (χ2n) is 6.04. The lowest BCUT2D eigenvalue weighted by Gasteiger charge is -2.22. The molecule has 2 amide bonds. The van der Waals surface area contributed by atoms with Crippen LogP contribution in [0.1, 0.15) is 51.2 Å². The highest BCUT2D eigenvalue weighted by Gasteiger charge is 2.25. The van der Waals surface area contributed by atoms with Crippen LogP contribution in [0.5, 0.6) is 0 Å². The van der Waals surface area contributed by atoms with Gasteiger partial charge in [-0.15, -0.1) is 11.3 Å². The number of aromatic nitrogens is 1. The second kappa shape index (κ2) is 7.74. The third-order valence-electron chi connectivity index (χ3n) is 4.15. The van der Waals surface area contributed by atoms with Crippen molar-refractivity contribution in [1.29, 1.82) is 0 Å². The standard InChI is InChI=1S/C18H20FN3O2S/c1-11-21-17-14(7-4-8-15(17)25-11)22-16(23)9-10-20-18(24)12-5-2-3-6-13(12)19/h2-3,5-6,14H,4,7-10H2,1H3,(H,20,24)(H,22,23)/t14-/m1/s1. The molecule has 0 radical (unpaired) electrons. The summed E-state index contributed by atoms with van der Waals surface area (Å²) in [4.78, 5) is 29.9. The number of nitrogens with one attached hydrogen (secondary N) is 2. The molecule has 2 N–H and O–H groups in total. The van der Waals surface area contributed by atoms with Gasteiger partial charge in [0.2, 0.25) is 5.91 Å². The number of aryl methyl sites for hydroxylation is 2. The van der Waals surface area contributed by atoms with E-state index in [1.54, 1.807) is 17.4 Å². The molecule has 0 aliphatic heterocycles. The van der Waals surface area contributed by atoms with Gasteiger partial charge in [0, 0.05) is 17.8 Å². The molecule has 5 nitrogen and oxygen atoms in total. The fraction of sp³-hybridized carbons (Fsp3) is 0.389. The van der Waals surface area contributed by atoms with Crippen molar-refractivity contribution in [2.24, 2.45) is 0 Å². The van der Waals surface area contributed by atoms with E-state index in [2.05, 4.69) is 15.6 Å². The Morgan fingerprint density at radius 3 is 2.96 bits per heavy atom. The van der Waals surface area contributed by atoms with Crippen LogP contribution in [-0.2, 0) is 11.2 Å². The molecule has 1 aliphatic rings. The van der Waals surface area contributed by atoms with E-state index in [0.717, 1.165) is 30.0 Å². The average Bonchev–Trinajstić information content (AvgIpc) is 2.96. The van der Waals surface area contributed by atoms with Crippen LogP contribution < -0.4 is 10.6 Å². The molecule has 25 heavy (non-hydrogen) atoms. The second-order valence-corrected chi connectivity index (χ2v) is 7.33. The van der Waals surface area contributed by atoms with Crippen molar-refractivity contribution in [2.75, 3.05) is 6.54 Å². The van der Waals surface area contributed by atoms with Crippen LogP contribution >= 0.6 is 11.3 Å². The topological polar surface area (TPSA) is 71.1 Å². The number of thiazole rings is 1. The smallest absolute Gasteiger partial charge is 0.254 e. The summed E-state index contributed by atoms with van der Waals surface area (Å²) in [6.07, 6.45) is 3.08. The predicted molar refractivity (Wildman–Crippen MR) is 94.0 cm³/mol. The maximum absolute atomic E-state index is 13.5. The van der Waals surface area contributed by atoms with Gasteiger partial charge in [-0.2, -0.15) is 0 Å². The first-order chi connectivity index (χ1) is 12.0. The molecule has 0 unspecified atom stereocenters. The Balaban J connectivity index is 1.49. The molecule has 1 aromatic heterocycles. The molecule has 1 heterocycles. The lowest BCUT2D eigenvalue weighted by Crippen LogP contribution is -2.34. The Morgan fingerprint density at radius 1 is 1.36 bits per heavy atom. The van der Waals surface area contributed by atoms with Crippen LogP contribution in [0, 0.1) is 12.7 Å². The van der Waals surface area contributed by atoms with E-state index in [0.29, 0.717) is 0 Å². The van der Waals surface area contributed by atoms with Crippen LogP contribution in [0.2, 0.25) is 0 Å². The predicted octanol–water partition coefficient (Wildman–Crippen LogP) is 2.90. The van der Waals surface area contributed by atoms with Crippen LogP contribution in [0.15, 0.2) is 24.3 Å². The summed E-state index contributed by atoms with van der Waals surface area (Å²) in [5.74, 6) is -1.23. The third kappa shape index (κ3) is 4.22. The Bertz CT molecular complexity index is 790. The molecule has 1 aliphatic carbocycles. The fourth-order valence-corrected chi connectivity index (χ4v) is 4.02. The third-order valence-corrected chi connectivity index (χ3v) is 5.20. The first-order valence-corrected chi connectivity index (χ1v) is 9.14. The lowest BCUT2D eigenvalue weighted by molar-refractivity contribution is -0.121. The number of fused-ring (bicyclic) bond motifs is 1. The number of amides is 2. The van der Waals surface area contributed by atoms with Gasteiger partial charge in [0.15, 0.2) is 0 Å². The van der Waals surface area contributed by atoms with Crippen LogP contribution in [0.3, 0.4) is 0 Å². The van der Waals surface area contributed by atoms with E-state index in [4.69, 9.17) is 0 Å². The summed E-state index contributed by atoms with van der Waals surface area (Å²) in [5.41, 5.74) is 0.968. The summed E-state index contributed by atoms with van der Waals surface area (Å²) < 4.78 is 13.5. The van der Waals surface area contributed by atoms with Crippen molar-refractivity contribution >= 4 is 23.2 Å². The highest BCUT2D eigenvalue weighted by molar-refractivity contribution is 7.11. The summed E-state index contributed by atoms with van der Waals surface area (Å²) in [5, 5.41) is 6.59. The highest BCUT2D eigenvalue weighted by atomic mass is 32.1. The molecular formula is C18H20FN3O2S. The molecule has 1 atom stereocenters. The summed E-state index contributed by atoms with van der Waals surface area (Å²) in [6, 6.07) is 5.72. The molecule has 2 aromatic rings. The molecule has 132 valence electrons. The molecule has 1 aromatic carbocycles. The number of carbonyl (C=O) groups excluding carboxylic acids is 2. The van der Waals surface area contributed by atoms with Crippen molar-refractivity contribution in [2.45, 2.75) is 38.6 Å².